The third kappa shape index (κ3) is 3.36. The standard InChI is InChI=1S/C16H17N3OS/c1-2-7-17-15-13(11-21-16-18-8-9-20-16)10-12-5-3-4-6-14(12)19-15/h3-6,8-10H,2,7,11H2,1H3,(H,17,19). The molecule has 0 amide bonds. The van der Waals surface area contributed by atoms with Crippen molar-refractivity contribution in [3.63, 3.8) is 0 Å². The lowest BCUT2D eigenvalue weighted by Gasteiger charge is -2.11. The smallest absolute Gasteiger partial charge is 0.255 e. The highest BCUT2D eigenvalue weighted by molar-refractivity contribution is 7.98. The second-order valence-corrected chi connectivity index (χ2v) is 5.63. The maximum atomic E-state index is 5.27. The average Bonchev–Trinajstić information content (AvgIpc) is 3.04. The number of hydrogen-bond donors (Lipinski definition) is 1. The number of anilines is 1. The van der Waals surface area contributed by atoms with Gasteiger partial charge in [-0.05, 0) is 18.6 Å². The van der Waals surface area contributed by atoms with Gasteiger partial charge in [0.1, 0.15) is 12.1 Å². The van der Waals surface area contributed by atoms with Gasteiger partial charge in [-0.1, -0.05) is 36.9 Å². The Morgan fingerprint density at radius 3 is 3.00 bits per heavy atom. The van der Waals surface area contributed by atoms with Gasteiger partial charge in [0, 0.05) is 23.2 Å². The number of nitrogens with one attached hydrogen (secondary N) is 1. The molecular weight excluding hydrogens is 282 g/mol. The van der Waals surface area contributed by atoms with E-state index in [1.165, 1.54) is 5.56 Å². The normalized spacial score (nSPS) is 10.9. The number of thioether (sulfide) groups is 1. The minimum Gasteiger partial charge on any atom is -0.440 e. The Kier molecular flexibility index (Phi) is 4.40. The van der Waals surface area contributed by atoms with Crippen LogP contribution in [0.1, 0.15) is 18.9 Å². The summed E-state index contributed by atoms with van der Waals surface area (Å²) in [5, 5.41) is 5.25. The number of aromatic nitrogens is 2. The van der Waals surface area contributed by atoms with Crippen LogP contribution in [0.2, 0.25) is 0 Å². The molecule has 0 saturated heterocycles. The summed E-state index contributed by atoms with van der Waals surface area (Å²) >= 11 is 1.58. The maximum absolute atomic E-state index is 5.27. The molecule has 0 radical (unpaired) electrons. The molecule has 0 atom stereocenters. The van der Waals surface area contributed by atoms with Crippen molar-refractivity contribution in [3.05, 3.63) is 48.4 Å². The van der Waals surface area contributed by atoms with Crippen LogP contribution in [0.25, 0.3) is 10.9 Å². The van der Waals surface area contributed by atoms with Gasteiger partial charge in [-0.2, -0.15) is 0 Å². The topological polar surface area (TPSA) is 51.0 Å². The molecule has 1 aromatic carbocycles. The Hall–Kier alpha value is -2.01. The number of fused-ring (bicyclic) bond motifs is 1. The molecule has 0 aliphatic heterocycles. The lowest BCUT2D eigenvalue weighted by Crippen LogP contribution is -2.05. The predicted molar refractivity (Wildman–Crippen MR) is 86.6 cm³/mol. The molecule has 21 heavy (non-hydrogen) atoms. The number of pyridine rings is 1. The molecular formula is C16H17N3OS. The number of benzene rings is 1. The molecule has 4 nitrogen and oxygen atoms in total. The number of hydrogen-bond acceptors (Lipinski definition) is 5. The second kappa shape index (κ2) is 6.63. The van der Waals surface area contributed by atoms with Crippen LogP contribution in [0.15, 0.2) is 52.4 Å². The van der Waals surface area contributed by atoms with Crippen molar-refractivity contribution in [3.8, 4) is 0 Å². The summed E-state index contributed by atoms with van der Waals surface area (Å²) in [6.45, 7) is 3.07. The van der Waals surface area contributed by atoms with Crippen LogP contribution in [0.5, 0.6) is 0 Å². The third-order valence-electron chi connectivity index (χ3n) is 3.11. The van der Waals surface area contributed by atoms with E-state index in [1.54, 1.807) is 24.2 Å². The zero-order chi connectivity index (χ0) is 14.5. The van der Waals surface area contributed by atoms with Crippen molar-refractivity contribution in [2.24, 2.45) is 0 Å². The van der Waals surface area contributed by atoms with Gasteiger partial charge < -0.3 is 9.73 Å². The van der Waals surface area contributed by atoms with Gasteiger partial charge in [-0.15, -0.1) is 0 Å². The van der Waals surface area contributed by atoms with E-state index in [0.29, 0.717) is 5.22 Å². The molecule has 3 aromatic rings. The first kappa shape index (κ1) is 13.9. The summed E-state index contributed by atoms with van der Waals surface area (Å²) in [7, 11) is 0. The summed E-state index contributed by atoms with van der Waals surface area (Å²) in [5.41, 5.74) is 2.19. The largest absolute Gasteiger partial charge is 0.440 e. The number of para-hydroxylation sites is 1. The lowest BCUT2D eigenvalue weighted by atomic mass is 10.1. The molecule has 108 valence electrons. The first-order valence-corrected chi connectivity index (χ1v) is 8.00. The minimum atomic E-state index is 0.685. The van der Waals surface area contributed by atoms with Gasteiger partial charge in [0.05, 0.1) is 11.7 Å². The molecule has 0 aliphatic rings. The van der Waals surface area contributed by atoms with Crippen LogP contribution in [0.4, 0.5) is 5.82 Å². The Balaban J connectivity index is 1.89. The fourth-order valence-corrected chi connectivity index (χ4v) is 2.85. The fraction of sp³-hybridized carbons (Fsp3) is 0.250. The highest BCUT2D eigenvalue weighted by Gasteiger charge is 2.08. The summed E-state index contributed by atoms with van der Waals surface area (Å²) in [5.74, 6) is 1.74. The second-order valence-electron chi connectivity index (χ2n) is 4.70. The molecule has 1 N–H and O–H groups in total. The summed E-state index contributed by atoms with van der Waals surface area (Å²) in [6, 6.07) is 10.4. The lowest BCUT2D eigenvalue weighted by molar-refractivity contribution is 0.454. The van der Waals surface area contributed by atoms with Crippen LogP contribution < -0.4 is 5.32 Å². The van der Waals surface area contributed by atoms with Gasteiger partial charge in [0.15, 0.2) is 0 Å². The molecule has 3 rings (SSSR count). The molecule has 0 fully saturated rings. The van der Waals surface area contributed by atoms with Crippen LogP contribution in [-0.2, 0) is 5.75 Å². The Bertz CT molecular complexity index is 713. The Labute approximate surface area is 128 Å². The maximum Gasteiger partial charge on any atom is 0.255 e. The zero-order valence-electron chi connectivity index (χ0n) is 11.9. The quantitative estimate of drug-likeness (QED) is 0.686. The molecule has 2 heterocycles. The van der Waals surface area contributed by atoms with E-state index >= 15 is 0 Å². The third-order valence-corrected chi connectivity index (χ3v) is 4.01. The van der Waals surface area contributed by atoms with E-state index in [2.05, 4.69) is 29.4 Å². The van der Waals surface area contributed by atoms with Crippen LogP contribution in [-0.4, -0.2) is 16.5 Å². The SMILES string of the molecule is CCCNc1nc2ccccc2cc1CSc1ncco1. The van der Waals surface area contributed by atoms with Gasteiger partial charge in [0.25, 0.3) is 5.22 Å². The van der Waals surface area contributed by atoms with Crippen molar-refractivity contribution >= 4 is 28.5 Å². The monoisotopic (exact) mass is 299 g/mol. The first-order valence-electron chi connectivity index (χ1n) is 7.01. The molecule has 2 aromatic heterocycles. The van der Waals surface area contributed by atoms with E-state index in [0.717, 1.165) is 35.4 Å². The average molecular weight is 299 g/mol. The van der Waals surface area contributed by atoms with Gasteiger partial charge in [-0.25, -0.2) is 9.97 Å². The van der Waals surface area contributed by atoms with Crippen molar-refractivity contribution < 1.29 is 4.42 Å². The fourth-order valence-electron chi connectivity index (χ4n) is 2.09. The van der Waals surface area contributed by atoms with Crippen molar-refractivity contribution in [1.82, 2.24) is 9.97 Å². The molecule has 5 heteroatoms. The minimum absolute atomic E-state index is 0.685. The van der Waals surface area contributed by atoms with Crippen molar-refractivity contribution in [2.45, 2.75) is 24.3 Å². The van der Waals surface area contributed by atoms with Crippen LogP contribution in [0, 0.1) is 0 Å². The van der Waals surface area contributed by atoms with E-state index in [4.69, 9.17) is 9.40 Å². The van der Waals surface area contributed by atoms with E-state index in [9.17, 15) is 0 Å². The Morgan fingerprint density at radius 2 is 2.19 bits per heavy atom. The molecule has 0 aliphatic carbocycles. The van der Waals surface area contributed by atoms with Crippen molar-refractivity contribution in [1.29, 1.82) is 0 Å². The van der Waals surface area contributed by atoms with E-state index in [1.807, 2.05) is 18.2 Å². The molecule has 0 unspecified atom stereocenters. The highest BCUT2D eigenvalue weighted by Crippen LogP contribution is 2.27. The zero-order valence-corrected chi connectivity index (χ0v) is 12.7. The molecule has 0 spiro atoms. The summed E-state index contributed by atoms with van der Waals surface area (Å²) in [4.78, 5) is 8.88. The highest BCUT2D eigenvalue weighted by atomic mass is 32.2. The predicted octanol–water partition coefficient (Wildman–Crippen LogP) is 4.34. The summed E-state index contributed by atoms with van der Waals surface area (Å²) in [6.07, 6.45) is 4.33. The first-order chi connectivity index (χ1) is 10.4. The summed E-state index contributed by atoms with van der Waals surface area (Å²) < 4.78 is 5.27. The Morgan fingerprint density at radius 1 is 1.29 bits per heavy atom. The number of oxazole rings is 1. The van der Waals surface area contributed by atoms with Crippen LogP contribution in [0.3, 0.4) is 0 Å². The van der Waals surface area contributed by atoms with Gasteiger partial charge in [0.2, 0.25) is 0 Å². The van der Waals surface area contributed by atoms with Crippen LogP contribution >= 0.6 is 11.8 Å². The number of nitrogens with zero attached hydrogens (tertiary/aromatic N) is 2. The van der Waals surface area contributed by atoms with E-state index < -0.39 is 0 Å². The van der Waals surface area contributed by atoms with Crippen molar-refractivity contribution in [2.75, 3.05) is 11.9 Å². The van der Waals surface area contributed by atoms with E-state index in [-0.39, 0.29) is 0 Å². The molecule has 0 saturated carbocycles. The van der Waals surface area contributed by atoms with Gasteiger partial charge >= 0.3 is 0 Å². The molecule has 0 bridgehead atoms. The number of rotatable bonds is 6. The van der Waals surface area contributed by atoms with Gasteiger partial charge in [-0.3, -0.25) is 0 Å².